The van der Waals surface area contributed by atoms with Crippen molar-refractivity contribution in [1.29, 1.82) is 0 Å². The molecule has 21 heavy (non-hydrogen) atoms. The molecular weight excluding hydrogens is 353 g/mol. The van der Waals surface area contributed by atoms with Crippen LogP contribution in [0.15, 0.2) is 10.5 Å². The summed E-state index contributed by atoms with van der Waals surface area (Å²) < 4.78 is 40.0. The van der Waals surface area contributed by atoms with Gasteiger partial charge in [-0.2, -0.15) is 18.3 Å². The molecule has 0 radical (unpaired) electrons. The molecule has 3 rings (SSSR count). The second kappa shape index (κ2) is 4.69. The number of alkyl halides is 3. The third kappa shape index (κ3) is 2.61. The summed E-state index contributed by atoms with van der Waals surface area (Å²) in [5, 5.41) is 6.47. The van der Waals surface area contributed by atoms with Crippen LogP contribution in [0.5, 0.6) is 0 Å². The maximum absolute atomic E-state index is 13.1. The van der Waals surface area contributed by atoms with Gasteiger partial charge in [0.15, 0.2) is 11.3 Å². The first-order chi connectivity index (χ1) is 9.77. The quantitative estimate of drug-likeness (QED) is 0.893. The number of fused-ring (bicyclic) bond motifs is 1. The average molecular weight is 363 g/mol. The predicted octanol–water partition coefficient (Wildman–Crippen LogP) is 2.71. The van der Waals surface area contributed by atoms with Gasteiger partial charge in [0.05, 0.1) is 4.47 Å². The molecule has 112 valence electrons. The maximum atomic E-state index is 13.1. The zero-order valence-electron chi connectivity index (χ0n) is 10.8. The molecule has 1 N–H and O–H groups in total. The van der Waals surface area contributed by atoms with Crippen molar-refractivity contribution in [3.8, 4) is 0 Å². The van der Waals surface area contributed by atoms with E-state index in [9.17, 15) is 18.0 Å². The Hall–Kier alpha value is -1.64. The molecule has 1 aliphatic rings. The molecule has 5 nitrogen and oxygen atoms in total. The van der Waals surface area contributed by atoms with E-state index in [1.54, 1.807) is 0 Å². The maximum Gasteiger partial charge on any atom is 0.433 e. The number of carbonyl (C=O) groups excluding carboxylic acids is 1. The van der Waals surface area contributed by atoms with Crippen LogP contribution < -0.4 is 5.32 Å². The summed E-state index contributed by atoms with van der Waals surface area (Å²) >= 11 is 3.12. The summed E-state index contributed by atoms with van der Waals surface area (Å²) in [6, 6.07) is 0.987. The zero-order chi connectivity index (χ0) is 15.4. The molecule has 9 heteroatoms. The molecule has 0 aromatic carbocycles. The Kier molecular flexibility index (Phi) is 3.19. The third-order valence-electron chi connectivity index (χ3n) is 3.08. The molecule has 1 amide bonds. The number of hydrogen-bond donors (Lipinski definition) is 1. The first-order valence-corrected chi connectivity index (χ1v) is 7.00. The molecule has 1 aliphatic carbocycles. The summed E-state index contributed by atoms with van der Waals surface area (Å²) in [4.78, 5) is 16.0. The first kappa shape index (κ1) is 14.3. The summed E-state index contributed by atoms with van der Waals surface area (Å²) in [6.07, 6.45) is -2.83. The smallest absolute Gasteiger partial charge is 0.348 e. The number of aromatic nitrogens is 3. The topological polar surface area (TPSA) is 59.3 Å². The minimum atomic E-state index is -4.58. The van der Waals surface area contributed by atoms with Gasteiger partial charge in [-0.05, 0) is 41.8 Å². The zero-order valence-corrected chi connectivity index (χ0v) is 12.4. The Morgan fingerprint density at radius 1 is 1.48 bits per heavy atom. The van der Waals surface area contributed by atoms with Gasteiger partial charge in [-0.1, -0.05) is 0 Å². The number of halogens is 4. The fourth-order valence-corrected chi connectivity index (χ4v) is 2.46. The number of hydrogen-bond acceptors (Lipinski definition) is 3. The molecule has 0 spiro atoms. The van der Waals surface area contributed by atoms with E-state index in [4.69, 9.17) is 0 Å². The van der Waals surface area contributed by atoms with Gasteiger partial charge in [0, 0.05) is 11.7 Å². The Morgan fingerprint density at radius 3 is 2.71 bits per heavy atom. The summed E-state index contributed by atoms with van der Waals surface area (Å²) in [6.45, 7) is 1.46. The van der Waals surface area contributed by atoms with E-state index in [0.717, 1.165) is 18.9 Å². The number of rotatable bonds is 2. The molecule has 2 heterocycles. The standard InChI is InChI=1S/C12H10BrF3N4O/c1-5-4-7(12(14,15)16)20-10(17-5)8(13)9(19-20)11(21)18-6-2-3-6/h4,6H,2-3H2,1H3,(H,18,21). The van der Waals surface area contributed by atoms with Crippen LogP contribution in [0.25, 0.3) is 5.65 Å². The van der Waals surface area contributed by atoms with Crippen LogP contribution in [-0.2, 0) is 6.18 Å². The summed E-state index contributed by atoms with van der Waals surface area (Å²) in [7, 11) is 0. The number of carbonyl (C=O) groups is 1. The van der Waals surface area contributed by atoms with Crippen molar-refractivity contribution in [3.63, 3.8) is 0 Å². The van der Waals surface area contributed by atoms with Gasteiger partial charge in [0.2, 0.25) is 0 Å². The normalized spacial score (nSPS) is 15.5. The molecule has 1 fully saturated rings. The van der Waals surface area contributed by atoms with Gasteiger partial charge >= 0.3 is 6.18 Å². The van der Waals surface area contributed by atoms with E-state index >= 15 is 0 Å². The second-order valence-corrected chi connectivity index (χ2v) is 5.72. The number of nitrogens with zero attached hydrogens (tertiary/aromatic N) is 3. The summed E-state index contributed by atoms with van der Waals surface area (Å²) in [5.41, 5.74) is -0.880. The van der Waals surface area contributed by atoms with Crippen molar-refractivity contribution < 1.29 is 18.0 Å². The molecule has 0 aliphatic heterocycles. The van der Waals surface area contributed by atoms with E-state index in [1.165, 1.54) is 6.92 Å². The van der Waals surface area contributed by atoms with Gasteiger partial charge < -0.3 is 5.32 Å². The van der Waals surface area contributed by atoms with Crippen LogP contribution in [-0.4, -0.2) is 26.5 Å². The molecule has 0 bridgehead atoms. The van der Waals surface area contributed by atoms with Crippen LogP contribution in [0, 0.1) is 6.92 Å². The Morgan fingerprint density at radius 2 is 2.14 bits per heavy atom. The predicted molar refractivity (Wildman–Crippen MR) is 70.9 cm³/mol. The van der Waals surface area contributed by atoms with Crippen molar-refractivity contribution in [1.82, 2.24) is 19.9 Å². The Labute approximate surface area is 125 Å². The lowest BCUT2D eigenvalue weighted by Gasteiger charge is -2.09. The van der Waals surface area contributed by atoms with Crippen LogP contribution in [0.4, 0.5) is 13.2 Å². The third-order valence-corrected chi connectivity index (χ3v) is 3.81. The van der Waals surface area contributed by atoms with E-state index in [2.05, 4.69) is 31.3 Å². The molecule has 0 atom stereocenters. The minimum absolute atomic E-state index is 0.0247. The molecule has 1 saturated carbocycles. The van der Waals surface area contributed by atoms with E-state index < -0.39 is 17.8 Å². The van der Waals surface area contributed by atoms with Crippen molar-refractivity contribution in [2.45, 2.75) is 32.0 Å². The SMILES string of the molecule is Cc1cc(C(F)(F)F)n2nc(C(=O)NC3CC3)c(Br)c2n1. The van der Waals surface area contributed by atoms with Gasteiger partial charge in [0.25, 0.3) is 5.91 Å². The van der Waals surface area contributed by atoms with E-state index in [-0.39, 0.29) is 27.5 Å². The highest BCUT2D eigenvalue weighted by molar-refractivity contribution is 9.10. The molecule has 2 aromatic heterocycles. The minimum Gasteiger partial charge on any atom is -0.348 e. The van der Waals surface area contributed by atoms with Crippen molar-refractivity contribution in [3.05, 3.63) is 27.6 Å². The highest BCUT2D eigenvalue weighted by Gasteiger charge is 2.36. The van der Waals surface area contributed by atoms with Crippen molar-refractivity contribution >= 4 is 27.5 Å². The van der Waals surface area contributed by atoms with Crippen LogP contribution >= 0.6 is 15.9 Å². The monoisotopic (exact) mass is 362 g/mol. The van der Waals surface area contributed by atoms with Crippen molar-refractivity contribution in [2.75, 3.05) is 0 Å². The number of nitrogens with one attached hydrogen (secondary N) is 1. The fourth-order valence-electron chi connectivity index (χ4n) is 1.94. The molecule has 0 saturated heterocycles. The Bertz CT molecular complexity index is 736. The van der Waals surface area contributed by atoms with Crippen LogP contribution in [0.2, 0.25) is 0 Å². The fraction of sp³-hybridized carbons (Fsp3) is 0.417. The van der Waals surface area contributed by atoms with Gasteiger partial charge in [-0.25, -0.2) is 9.50 Å². The lowest BCUT2D eigenvalue weighted by Crippen LogP contribution is -2.26. The average Bonchev–Trinajstić information content (AvgIpc) is 3.12. The van der Waals surface area contributed by atoms with Gasteiger partial charge in [0.1, 0.15) is 5.69 Å². The van der Waals surface area contributed by atoms with Gasteiger partial charge in [-0.15, -0.1) is 0 Å². The number of amides is 1. The van der Waals surface area contributed by atoms with E-state index in [0.29, 0.717) is 4.52 Å². The number of aryl methyl sites for hydroxylation is 1. The summed E-state index contributed by atoms with van der Waals surface area (Å²) in [5.74, 6) is -0.499. The Balaban J connectivity index is 2.16. The van der Waals surface area contributed by atoms with Gasteiger partial charge in [-0.3, -0.25) is 4.79 Å². The molecule has 2 aromatic rings. The van der Waals surface area contributed by atoms with Crippen molar-refractivity contribution in [2.24, 2.45) is 0 Å². The van der Waals surface area contributed by atoms with Crippen LogP contribution in [0.3, 0.4) is 0 Å². The lowest BCUT2D eigenvalue weighted by molar-refractivity contribution is -0.142. The highest BCUT2D eigenvalue weighted by Crippen LogP contribution is 2.32. The van der Waals surface area contributed by atoms with E-state index in [1.807, 2.05) is 0 Å². The lowest BCUT2D eigenvalue weighted by atomic mass is 10.3. The first-order valence-electron chi connectivity index (χ1n) is 6.21. The highest BCUT2D eigenvalue weighted by atomic mass is 79.9. The van der Waals surface area contributed by atoms with Crippen LogP contribution in [0.1, 0.15) is 34.7 Å². The second-order valence-electron chi connectivity index (χ2n) is 4.93. The molecular formula is C12H10BrF3N4O. The molecule has 0 unspecified atom stereocenters. The largest absolute Gasteiger partial charge is 0.433 e.